The summed E-state index contributed by atoms with van der Waals surface area (Å²) in [5.41, 5.74) is 7.70. The van der Waals surface area contributed by atoms with Crippen molar-refractivity contribution >= 4 is 0 Å². The number of fused-ring (bicyclic) bond motifs is 8. The number of hydrogen-bond donors (Lipinski definition) is 12. The molecule has 8 aromatic rings. The van der Waals surface area contributed by atoms with Crippen LogP contribution < -0.4 is 21.3 Å². The minimum atomic E-state index is -0.782. The number of rotatable bonds is 16. The smallest absolute Gasteiger partial charge is 0.127 e. The van der Waals surface area contributed by atoms with Gasteiger partial charge in [-0.25, -0.2) is 0 Å². The summed E-state index contributed by atoms with van der Waals surface area (Å²) in [6.45, 7) is 9.23. The third kappa shape index (κ3) is 10.9. The van der Waals surface area contributed by atoms with Crippen molar-refractivity contribution < 1.29 is 40.9 Å². The number of phenols is 8. The fraction of sp³-hybridized carbons (Fsp3) is 0.250. The molecule has 8 bridgehead atoms. The summed E-state index contributed by atoms with van der Waals surface area (Å²) in [5, 5.41) is 113. The van der Waals surface area contributed by atoms with E-state index < -0.39 is 23.7 Å². The van der Waals surface area contributed by atoms with Crippen LogP contribution in [-0.4, -0.2) is 40.9 Å². The Hall–Kier alpha value is -8.00. The van der Waals surface area contributed by atoms with Gasteiger partial charge in [-0.05, 0) is 46.5 Å². The molecular weight excluding hydrogens is 953 g/mol. The molecule has 0 fully saturated rings. The van der Waals surface area contributed by atoms with Gasteiger partial charge in [0.15, 0.2) is 0 Å². The average molecular weight is 1020 g/mol. The van der Waals surface area contributed by atoms with Crippen LogP contribution >= 0.6 is 0 Å². The molecule has 1 aliphatic carbocycles. The second-order valence-corrected chi connectivity index (χ2v) is 20.2. The first-order valence-corrected chi connectivity index (χ1v) is 26.0. The number of nitrogens with one attached hydrogen (secondary N) is 4. The summed E-state index contributed by atoms with van der Waals surface area (Å²) in [6.07, 6.45) is 0. The molecule has 12 N–H and O–H groups in total. The zero-order valence-corrected chi connectivity index (χ0v) is 43.4. The Balaban J connectivity index is 1.27. The normalized spacial score (nSPS) is 16.2. The zero-order valence-electron chi connectivity index (χ0n) is 43.4. The zero-order chi connectivity index (χ0) is 53.6. The molecule has 0 spiro atoms. The first kappa shape index (κ1) is 52.8. The van der Waals surface area contributed by atoms with Crippen LogP contribution in [0.25, 0.3) is 0 Å². The van der Waals surface area contributed by atoms with Gasteiger partial charge in [0.25, 0.3) is 0 Å². The van der Waals surface area contributed by atoms with E-state index in [1.165, 1.54) is 0 Å². The van der Waals surface area contributed by atoms with E-state index in [1.807, 2.05) is 149 Å². The average Bonchev–Trinajstić information content (AvgIpc) is 3.43. The molecule has 0 saturated heterocycles. The molecule has 0 heterocycles. The molecule has 8 aromatic carbocycles. The van der Waals surface area contributed by atoms with Gasteiger partial charge in [-0.15, -0.1) is 0 Å². The summed E-state index contributed by atoms with van der Waals surface area (Å²) in [7, 11) is 0. The molecule has 392 valence electrons. The lowest BCUT2D eigenvalue weighted by molar-refractivity contribution is 0.412. The van der Waals surface area contributed by atoms with Crippen molar-refractivity contribution in [2.75, 3.05) is 0 Å². The predicted molar refractivity (Wildman–Crippen MR) is 297 cm³/mol. The second kappa shape index (κ2) is 23.3. The van der Waals surface area contributed by atoms with Crippen LogP contribution in [0.15, 0.2) is 146 Å². The van der Waals surface area contributed by atoms with Crippen molar-refractivity contribution in [1.82, 2.24) is 21.3 Å². The molecule has 76 heavy (non-hydrogen) atoms. The van der Waals surface area contributed by atoms with Gasteiger partial charge < -0.3 is 62.1 Å². The fourth-order valence-electron chi connectivity index (χ4n) is 10.8. The van der Waals surface area contributed by atoms with Crippen LogP contribution in [0.2, 0.25) is 0 Å². The quantitative estimate of drug-likeness (QED) is 0.0436. The highest BCUT2D eigenvalue weighted by Crippen LogP contribution is 2.53. The largest absolute Gasteiger partial charge is 0.507 e. The van der Waals surface area contributed by atoms with Crippen LogP contribution in [0.1, 0.15) is 140 Å². The maximum atomic E-state index is 12.5. The summed E-state index contributed by atoms with van der Waals surface area (Å²) in [4.78, 5) is 0. The van der Waals surface area contributed by atoms with Gasteiger partial charge in [-0.2, -0.15) is 0 Å². The van der Waals surface area contributed by atoms with Gasteiger partial charge >= 0.3 is 0 Å². The Kier molecular flexibility index (Phi) is 16.2. The maximum Gasteiger partial charge on any atom is 0.127 e. The highest BCUT2D eigenvalue weighted by Gasteiger charge is 2.34. The van der Waals surface area contributed by atoms with E-state index in [0.717, 1.165) is 22.3 Å². The highest BCUT2D eigenvalue weighted by atomic mass is 16.3. The third-order valence-electron chi connectivity index (χ3n) is 15.3. The number of benzene rings is 8. The second-order valence-electron chi connectivity index (χ2n) is 20.2. The van der Waals surface area contributed by atoms with E-state index in [1.54, 1.807) is 24.3 Å². The summed E-state index contributed by atoms with van der Waals surface area (Å²) >= 11 is 0. The van der Waals surface area contributed by atoms with E-state index in [9.17, 15) is 40.9 Å². The van der Waals surface area contributed by atoms with E-state index in [4.69, 9.17) is 0 Å². The molecule has 12 heteroatoms. The van der Waals surface area contributed by atoms with Gasteiger partial charge in [-0.3, -0.25) is 0 Å². The van der Waals surface area contributed by atoms with Crippen LogP contribution in [0.3, 0.4) is 0 Å². The summed E-state index contributed by atoms with van der Waals surface area (Å²) in [6, 6.07) is 45.8. The Bertz CT molecular complexity index is 2760. The van der Waals surface area contributed by atoms with Gasteiger partial charge in [0.2, 0.25) is 0 Å². The Morgan fingerprint density at radius 1 is 0.250 bits per heavy atom. The lowest BCUT2D eigenvalue weighted by atomic mass is 9.78. The summed E-state index contributed by atoms with van der Waals surface area (Å²) < 4.78 is 0. The van der Waals surface area contributed by atoms with Crippen LogP contribution in [0, 0.1) is 0 Å². The SMILES string of the molecule is CC1c2cc(c(O)c(CNCc3ccccc3)c2O)C(C)c2cc(c(O)c(CNCc3ccccc3)c2O)C(C)c2cc(c(O)c(CNCc3ccccc3)c2O)C(C)c2cc1c(O)c(CNCc1ccccc1)c2O. The molecule has 9 rings (SSSR count). The molecule has 0 aliphatic heterocycles. The Morgan fingerprint density at radius 3 is 0.566 bits per heavy atom. The Labute approximate surface area is 444 Å². The minimum absolute atomic E-state index is 0.0412. The van der Waals surface area contributed by atoms with E-state index in [2.05, 4.69) is 21.3 Å². The monoisotopic (exact) mass is 1020 g/mol. The van der Waals surface area contributed by atoms with Crippen molar-refractivity contribution in [2.24, 2.45) is 0 Å². The first-order valence-electron chi connectivity index (χ1n) is 26.0. The topological polar surface area (TPSA) is 210 Å². The predicted octanol–water partition coefficient (Wildman–Crippen LogP) is 11.4. The molecule has 0 radical (unpaired) electrons. The summed E-state index contributed by atoms with van der Waals surface area (Å²) in [5.74, 6) is -4.71. The van der Waals surface area contributed by atoms with Crippen LogP contribution in [0.5, 0.6) is 46.0 Å². The Morgan fingerprint density at radius 2 is 0.408 bits per heavy atom. The van der Waals surface area contributed by atoms with Crippen molar-refractivity contribution in [3.05, 3.63) is 235 Å². The van der Waals surface area contributed by atoms with Crippen molar-refractivity contribution in [3.8, 4) is 46.0 Å². The van der Waals surface area contributed by atoms with E-state index >= 15 is 0 Å². The van der Waals surface area contributed by atoms with Gasteiger partial charge in [-0.1, -0.05) is 149 Å². The van der Waals surface area contributed by atoms with Crippen molar-refractivity contribution in [2.45, 2.75) is 104 Å². The lowest BCUT2D eigenvalue weighted by Crippen LogP contribution is -2.17. The number of phenolic OH excluding ortho intramolecular Hbond substituents is 8. The lowest BCUT2D eigenvalue weighted by Gasteiger charge is -2.29. The number of aromatic hydroxyl groups is 8. The molecule has 1 aliphatic rings. The maximum absolute atomic E-state index is 12.5. The standard InChI is InChI=1S/C64H68N4O8/c1-37-45-25-47(59(71)53(57(45)69)33-65-29-41-17-9-5-10-18-41)38(2)49-27-51(63(75)55(61(49)73)35-67-31-43-21-13-7-14-22-43)40(4)52-28-50(62(74)56(64(52)76)36-68-32-44-23-15-8-16-24-44)39(3)48-26-46(37)58(70)54(60(48)72)34-66-30-42-19-11-6-12-20-42/h5-28,37-40,65-76H,29-36H2,1-4H3. The van der Waals surface area contributed by atoms with Gasteiger partial charge in [0.1, 0.15) is 46.0 Å². The molecular formula is C64H68N4O8. The molecule has 0 saturated carbocycles. The van der Waals surface area contributed by atoms with Crippen molar-refractivity contribution in [1.29, 1.82) is 0 Å². The number of hydrogen-bond acceptors (Lipinski definition) is 12. The third-order valence-corrected chi connectivity index (χ3v) is 15.3. The molecule has 0 unspecified atom stereocenters. The van der Waals surface area contributed by atoms with Gasteiger partial charge in [0, 0.05) is 121 Å². The molecule has 0 atom stereocenters. The van der Waals surface area contributed by atoms with Gasteiger partial charge in [0.05, 0.1) is 22.3 Å². The van der Waals surface area contributed by atoms with E-state index in [0.29, 0.717) is 70.7 Å². The van der Waals surface area contributed by atoms with Crippen LogP contribution in [-0.2, 0) is 52.4 Å². The van der Waals surface area contributed by atoms with E-state index in [-0.39, 0.29) is 94.4 Å². The first-order chi connectivity index (χ1) is 36.7. The van der Waals surface area contributed by atoms with Crippen LogP contribution in [0.4, 0.5) is 0 Å². The molecule has 12 nitrogen and oxygen atoms in total. The van der Waals surface area contributed by atoms with Crippen molar-refractivity contribution in [3.63, 3.8) is 0 Å². The fourth-order valence-corrected chi connectivity index (χ4v) is 10.8. The minimum Gasteiger partial charge on any atom is -0.507 e. The highest BCUT2D eigenvalue weighted by molar-refractivity contribution is 5.67. The molecule has 0 aromatic heterocycles. The molecule has 0 amide bonds.